The summed E-state index contributed by atoms with van der Waals surface area (Å²) >= 11 is 0. The van der Waals surface area contributed by atoms with Gasteiger partial charge in [-0.25, -0.2) is 13.2 Å². The molecule has 20 heavy (non-hydrogen) atoms. The molecule has 2 aromatic rings. The topological polar surface area (TPSA) is 112 Å². The summed E-state index contributed by atoms with van der Waals surface area (Å²) < 4.78 is 26.7. The van der Waals surface area contributed by atoms with E-state index in [0.717, 1.165) is 12.8 Å². The number of rotatable bonds is 3. The predicted molar refractivity (Wildman–Crippen MR) is 74.9 cm³/mol. The highest BCUT2D eigenvalue weighted by Gasteiger charge is 2.34. The Bertz CT molecular complexity index is 792. The summed E-state index contributed by atoms with van der Waals surface area (Å²) in [6.45, 7) is 0.814. The van der Waals surface area contributed by atoms with Gasteiger partial charge in [-0.2, -0.15) is 4.31 Å². The number of imidazole rings is 1. The highest BCUT2D eigenvalue weighted by molar-refractivity contribution is 7.89. The van der Waals surface area contributed by atoms with Crippen LogP contribution in [0.1, 0.15) is 12.8 Å². The van der Waals surface area contributed by atoms with E-state index in [1.165, 1.54) is 16.4 Å². The number of hydrogen-bond acceptors (Lipinski definition) is 4. The first-order chi connectivity index (χ1) is 9.52. The molecular weight excluding hydrogens is 280 g/mol. The fourth-order valence-corrected chi connectivity index (χ4v) is 4.40. The molecule has 4 N–H and O–H groups in total. The Labute approximate surface area is 115 Å². The molecule has 1 saturated heterocycles. The normalized spacial score (nSPS) is 20.8. The van der Waals surface area contributed by atoms with Crippen molar-refractivity contribution >= 4 is 21.1 Å². The molecule has 0 aliphatic carbocycles. The Morgan fingerprint density at radius 3 is 2.80 bits per heavy atom. The Morgan fingerprint density at radius 2 is 2.05 bits per heavy atom. The number of sulfonamides is 1. The molecule has 3 rings (SSSR count). The maximum Gasteiger partial charge on any atom is 0.323 e. The van der Waals surface area contributed by atoms with Gasteiger partial charge in [0, 0.05) is 19.1 Å². The van der Waals surface area contributed by atoms with E-state index >= 15 is 0 Å². The number of nitrogens with two attached hydrogens (primary N) is 1. The number of benzene rings is 1. The summed E-state index contributed by atoms with van der Waals surface area (Å²) in [6.07, 6.45) is 1.61. The van der Waals surface area contributed by atoms with Gasteiger partial charge in [-0.15, -0.1) is 0 Å². The van der Waals surface area contributed by atoms with Gasteiger partial charge in [0.05, 0.1) is 15.9 Å². The second-order valence-electron chi connectivity index (χ2n) is 4.93. The number of hydrogen-bond donors (Lipinski definition) is 3. The van der Waals surface area contributed by atoms with Gasteiger partial charge in [0.25, 0.3) is 0 Å². The summed E-state index contributed by atoms with van der Waals surface area (Å²) in [5.74, 6) is 0. The molecule has 0 radical (unpaired) electrons. The van der Waals surface area contributed by atoms with E-state index < -0.39 is 10.0 Å². The van der Waals surface area contributed by atoms with Gasteiger partial charge in [0.15, 0.2) is 0 Å². The Balaban J connectivity index is 2.06. The fourth-order valence-electron chi connectivity index (χ4n) is 2.67. The van der Waals surface area contributed by atoms with Crippen molar-refractivity contribution < 1.29 is 8.42 Å². The van der Waals surface area contributed by atoms with Gasteiger partial charge in [-0.3, -0.25) is 0 Å². The van der Waals surface area contributed by atoms with Crippen LogP contribution in [0.25, 0.3) is 11.0 Å². The van der Waals surface area contributed by atoms with Crippen LogP contribution < -0.4 is 11.4 Å². The van der Waals surface area contributed by atoms with Crippen molar-refractivity contribution in [2.24, 2.45) is 5.73 Å². The summed E-state index contributed by atoms with van der Waals surface area (Å²) in [6, 6.07) is 4.44. The van der Waals surface area contributed by atoms with E-state index in [0.29, 0.717) is 24.1 Å². The van der Waals surface area contributed by atoms with E-state index in [1.807, 2.05) is 0 Å². The molecule has 1 aromatic heterocycles. The first-order valence-corrected chi connectivity index (χ1v) is 7.90. The molecular formula is C12H16N4O3S. The number of fused-ring (bicyclic) bond motifs is 1. The molecule has 0 saturated carbocycles. The molecule has 1 aliphatic rings. The van der Waals surface area contributed by atoms with Gasteiger partial charge in [0.1, 0.15) is 0 Å². The molecule has 1 unspecified atom stereocenters. The Morgan fingerprint density at radius 1 is 1.30 bits per heavy atom. The lowest BCUT2D eigenvalue weighted by Gasteiger charge is -2.22. The first kappa shape index (κ1) is 13.3. The molecule has 0 spiro atoms. The molecule has 0 bridgehead atoms. The van der Waals surface area contributed by atoms with E-state index in [1.54, 1.807) is 6.07 Å². The Kier molecular flexibility index (Phi) is 3.15. The molecule has 1 aromatic carbocycles. The minimum Gasteiger partial charge on any atom is -0.329 e. The van der Waals surface area contributed by atoms with E-state index in [-0.39, 0.29) is 16.6 Å². The monoisotopic (exact) mass is 296 g/mol. The van der Waals surface area contributed by atoms with Crippen LogP contribution in [0, 0.1) is 0 Å². The van der Waals surface area contributed by atoms with Gasteiger partial charge in [0.2, 0.25) is 10.0 Å². The first-order valence-electron chi connectivity index (χ1n) is 6.46. The minimum absolute atomic E-state index is 0.138. The molecule has 2 heterocycles. The zero-order valence-corrected chi connectivity index (χ0v) is 11.6. The van der Waals surface area contributed by atoms with Crippen LogP contribution in [0.4, 0.5) is 0 Å². The van der Waals surface area contributed by atoms with Crippen LogP contribution in [0.5, 0.6) is 0 Å². The van der Waals surface area contributed by atoms with E-state index in [9.17, 15) is 13.2 Å². The predicted octanol–water partition coefficient (Wildman–Crippen LogP) is -0.0320. The van der Waals surface area contributed by atoms with Crippen molar-refractivity contribution in [1.29, 1.82) is 0 Å². The number of nitrogens with one attached hydrogen (secondary N) is 2. The van der Waals surface area contributed by atoms with Gasteiger partial charge < -0.3 is 15.7 Å². The van der Waals surface area contributed by atoms with Crippen LogP contribution in [0.3, 0.4) is 0 Å². The third-order valence-corrected chi connectivity index (χ3v) is 5.64. The second kappa shape index (κ2) is 4.72. The van der Waals surface area contributed by atoms with E-state index in [2.05, 4.69) is 9.97 Å². The zero-order chi connectivity index (χ0) is 14.3. The lowest BCUT2D eigenvalue weighted by Crippen LogP contribution is -2.39. The quantitative estimate of drug-likeness (QED) is 0.738. The van der Waals surface area contributed by atoms with Gasteiger partial charge in [-0.05, 0) is 31.0 Å². The highest BCUT2D eigenvalue weighted by atomic mass is 32.2. The van der Waals surface area contributed by atoms with Crippen LogP contribution in [-0.2, 0) is 10.0 Å². The van der Waals surface area contributed by atoms with Crippen molar-refractivity contribution in [3.63, 3.8) is 0 Å². The van der Waals surface area contributed by atoms with E-state index in [4.69, 9.17) is 5.73 Å². The molecule has 0 amide bonds. The maximum atomic E-state index is 12.6. The molecule has 7 nitrogen and oxygen atoms in total. The van der Waals surface area contributed by atoms with Crippen molar-refractivity contribution in [3.05, 3.63) is 28.7 Å². The molecule has 1 fully saturated rings. The van der Waals surface area contributed by atoms with Crippen LogP contribution >= 0.6 is 0 Å². The summed E-state index contributed by atoms with van der Waals surface area (Å²) in [7, 11) is -3.56. The lowest BCUT2D eigenvalue weighted by molar-refractivity contribution is 0.393. The number of aromatic nitrogens is 2. The third kappa shape index (κ3) is 2.05. The largest absolute Gasteiger partial charge is 0.329 e. The minimum atomic E-state index is -3.56. The summed E-state index contributed by atoms with van der Waals surface area (Å²) in [4.78, 5) is 16.6. The molecule has 8 heteroatoms. The molecule has 108 valence electrons. The van der Waals surface area contributed by atoms with Crippen molar-refractivity contribution in [1.82, 2.24) is 14.3 Å². The SMILES string of the molecule is NCC1CCCN1S(=O)(=O)c1ccc2[nH]c(=O)[nH]c2c1. The number of nitrogens with zero attached hydrogens (tertiary/aromatic N) is 1. The summed E-state index contributed by atoms with van der Waals surface area (Å²) in [5.41, 5.74) is 6.36. The third-order valence-electron chi connectivity index (χ3n) is 3.69. The standard InChI is InChI=1S/C12H16N4O3S/c13-7-8-2-1-5-16(8)20(18,19)9-3-4-10-11(6-9)15-12(17)14-10/h3-4,6,8H,1-2,5,7,13H2,(H2,14,15,17). The van der Waals surface area contributed by atoms with Gasteiger partial charge in [-0.1, -0.05) is 0 Å². The average Bonchev–Trinajstić information content (AvgIpc) is 3.02. The van der Waals surface area contributed by atoms with Crippen molar-refractivity contribution in [2.45, 2.75) is 23.8 Å². The maximum absolute atomic E-state index is 12.6. The van der Waals surface area contributed by atoms with Crippen LogP contribution in [-0.4, -0.2) is 41.8 Å². The zero-order valence-electron chi connectivity index (χ0n) is 10.8. The van der Waals surface area contributed by atoms with Crippen molar-refractivity contribution in [2.75, 3.05) is 13.1 Å². The smallest absolute Gasteiger partial charge is 0.323 e. The van der Waals surface area contributed by atoms with Crippen molar-refractivity contribution in [3.8, 4) is 0 Å². The molecule has 1 atom stereocenters. The van der Waals surface area contributed by atoms with Gasteiger partial charge >= 0.3 is 5.69 Å². The Hall–Kier alpha value is -1.64. The molecule has 1 aliphatic heterocycles. The summed E-state index contributed by atoms with van der Waals surface area (Å²) in [5, 5.41) is 0. The van der Waals surface area contributed by atoms with Crippen LogP contribution in [0.15, 0.2) is 27.9 Å². The number of aromatic amines is 2. The lowest BCUT2D eigenvalue weighted by atomic mass is 10.2. The number of H-pyrrole nitrogens is 2. The van der Waals surface area contributed by atoms with Crippen LogP contribution in [0.2, 0.25) is 0 Å². The fraction of sp³-hybridized carbons (Fsp3) is 0.417. The average molecular weight is 296 g/mol. The second-order valence-corrected chi connectivity index (χ2v) is 6.82. The highest BCUT2D eigenvalue weighted by Crippen LogP contribution is 2.26.